The number of nitrogens with one attached hydrogen (secondary N) is 1. The summed E-state index contributed by atoms with van der Waals surface area (Å²) in [5, 5.41) is 4.00. The van der Waals surface area contributed by atoms with Crippen LogP contribution in [0.3, 0.4) is 0 Å². The van der Waals surface area contributed by atoms with Crippen LogP contribution < -0.4 is 5.32 Å². The third-order valence-corrected chi connectivity index (χ3v) is 2.32. The van der Waals surface area contributed by atoms with Crippen LogP contribution in [0.4, 0.5) is 5.69 Å². The second kappa shape index (κ2) is 5.97. The van der Waals surface area contributed by atoms with Crippen LogP contribution in [0.1, 0.15) is 13.8 Å². The van der Waals surface area contributed by atoms with Crippen molar-refractivity contribution in [2.45, 2.75) is 19.9 Å². The van der Waals surface area contributed by atoms with E-state index in [0.717, 1.165) is 0 Å². The van der Waals surface area contributed by atoms with Gasteiger partial charge in [-0.3, -0.25) is 0 Å². The van der Waals surface area contributed by atoms with Crippen LogP contribution in [0.25, 0.3) is 0 Å². The number of rotatable bonds is 4. The number of carbonyl (C=O) groups is 1. The second-order valence-electron chi connectivity index (χ2n) is 3.28. The number of carbonyl (C=O) groups excluding carboxylic acids is 1. The van der Waals surface area contributed by atoms with Crippen LogP contribution in [0, 0.1) is 0 Å². The van der Waals surface area contributed by atoms with Gasteiger partial charge in [0.1, 0.15) is 6.04 Å². The van der Waals surface area contributed by atoms with Crippen molar-refractivity contribution in [3.8, 4) is 0 Å². The molecular weight excluding hydrogens is 249 g/mol. The van der Waals surface area contributed by atoms with E-state index in [1.54, 1.807) is 32.0 Å². The fraction of sp³-hybridized carbons (Fsp3) is 0.364. The van der Waals surface area contributed by atoms with Gasteiger partial charge >= 0.3 is 5.97 Å². The minimum Gasteiger partial charge on any atom is -0.464 e. The normalized spacial score (nSPS) is 12.0. The second-order valence-corrected chi connectivity index (χ2v) is 4.15. The Morgan fingerprint density at radius 1 is 1.38 bits per heavy atom. The van der Waals surface area contributed by atoms with Crippen molar-refractivity contribution in [1.82, 2.24) is 0 Å². The van der Waals surface area contributed by atoms with E-state index >= 15 is 0 Å². The highest BCUT2D eigenvalue weighted by atomic mass is 35.5. The third-order valence-electron chi connectivity index (χ3n) is 1.89. The lowest BCUT2D eigenvalue weighted by atomic mass is 10.2. The van der Waals surface area contributed by atoms with Crippen LogP contribution in [0.2, 0.25) is 10.0 Å². The van der Waals surface area contributed by atoms with Gasteiger partial charge in [0.25, 0.3) is 0 Å². The van der Waals surface area contributed by atoms with Gasteiger partial charge in [-0.05, 0) is 32.0 Å². The summed E-state index contributed by atoms with van der Waals surface area (Å²) in [6, 6.07) is 4.59. The quantitative estimate of drug-likeness (QED) is 0.845. The van der Waals surface area contributed by atoms with Gasteiger partial charge in [0.15, 0.2) is 0 Å². The molecule has 0 saturated heterocycles. The fourth-order valence-electron chi connectivity index (χ4n) is 1.21. The zero-order valence-electron chi connectivity index (χ0n) is 9.09. The number of anilines is 1. The minimum atomic E-state index is -0.436. The molecule has 0 aliphatic rings. The lowest BCUT2D eigenvalue weighted by molar-refractivity contribution is -0.143. The summed E-state index contributed by atoms with van der Waals surface area (Å²) in [5.41, 5.74) is 0.693. The molecule has 16 heavy (non-hydrogen) atoms. The van der Waals surface area contributed by atoms with Crippen LogP contribution in [0.5, 0.6) is 0 Å². The average molecular weight is 262 g/mol. The highest BCUT2D eigenvalue weighted by Gasteiger charge is 2.13. The Hall–Kier alpha value is -0.930. The monoisotopic (exact) mass is 261 g/mol. The van der Waals surface area contributed by atoms with Crippen molar-refractivity contribution in [2.24, 2.45) is 0 Å². The number of benzene rings is 1. The average Bonchev–Trinajstić information content (AvgIpc) is 2.16. The van der Waals surface area contributed by atoms with Gasteiger partial charge < -0.3 is 10.1 Å². The minimum absolute atomic E-state index is 0.307. The first-order valence-electron chi connectivity index (χ1n) is 4.92. The molecule has 0 aromatic heterocycles. The number of esters is 1. The Morgan fingerprint density at radius 2 is 1.94 bits per heavy atom. The molecule has 0 radical (unpaired) electrons. The summed E-state index contributed by atoms with van der Waals surface area (Å²) in [5.74, 6) is -0.307. The molecule has 0 spiro atoms. The number of halogens is 2. The molecule has 0 heterocycles. The predicted molar refractivity (Wildman–Crippen MR) is 66.2 cm³/mol. The Morgan fingerprint density at radius 3 is 2.44 bits per heavy atom. The number of hydrogen-bond donors (Lipinski definition) is 1. The molecule has 1 rings (SSSR count). The van der Waals surface area contributed by atoms with E-state index in [4.69, 9.17) is 27.9 Å². The standard InChI is InChI=1S/C11H13Cl2NO2/c1-3-16-11(15)7(2)14-10-5-8(12)4-9(13)6-10/h4-7,14H,3H2,1-2H3. The van der Waals surface area contributed by atoms with Crippen molar-refractivity contribution in [2.75, 3.05) is 11.9 Å². The van der Waals surface area contributed by atoms with Gasteiger partial charge in [0, 0.05) is 15.7 Å². The topological polar surface area (TPSA) is 38.3 Å². The van der Waals surface area contributed by atoms with E-state index in [9.17, 15) is 4.79 Å². The Kier molecular flexibility index (Phi) is 4.90. The molecule has 88 valence electrons. The van der Waals surface area contributed by atoms with E-state index in [-0.39, 0.29) is 5.97 Å². The fourth-order valence-corrected chi connectivity index (χ4v) is 1.74. The van der Waals surface area contributed by atoms with Crippen LogP contribution in [-0.4, -0.2) is 18.6 Å². The largest absolute Gasteiger partial charge is 0.464 e. The van der Waals surface area contributed by atoms with Gasteiger partial charge in [0.05, 0.1) is 6.61 Å². The first kappa shape index (κ1) is 13.1. The van der Waals surface area contributed by atoms with E-state index in [1.807, 2.05) is 0 Å². The molecule has 1 N–H and O–H groups in total. The maximum Gasteiger partial charge on any atom is 0.328 e. The zero-order chi connectivity index (χ0) is 12.1. The predicted octanol–water partition coefficient (Wildman–Crippen LogP) is 3.36. The lowest BCUT2D eigenvalue weighted by Crippen LogP contribution is -2.28. The van der Waals surface area contributed by atoms with Gasteiger partial charge in [-0.25, -0.2) is 4.79 Å². The maximum absolute atomic E-state index is 11.4. The summed E-state index contributed by atoms with van der Waals surface area (Å²) in [6.45, 7) is 3.84. The summed E-state index contributed by atoms with van der Waals surface area (Å²) in [4.78, 5) is 11.4. The first-order chi connectivity index (χ1) is 7.52. The Bertz CT molecular complexity index is 362. The van der Waals surface area contributed by atoms with Crippen LogP contribution >= 0.6 is 23.2 Å². The van der Waals surface area contributed by atoms with E-state index in [2.05, 4.69) is 5.32 Å². The molecule has 1 atom stereocenters. The number of ether oxygens (including phenoxy) is 1. The molecule has 0 bridgehead atoms. The van der Waals surface area contributed by atoms with E-state index in [1.165, 1.54) is 0 Å². The Labute approximate surface area is 105 Å². The molecule has 1 aromatic carbocycles. The Balaban J connectivity index is 2.69. The molecule has 0 aliphatic heterocycles. The molecule has 5 heteroatoms. The summed E-state index contributed by atoms with van der Waals surface area (Å²) < 4.78 is 4.87. The van der Waals surface area contributed by atoms with Crippen LogP contribution in [-0.2, 0) is 9.53 Å². The summed E-state index contributed by atoms with van der Waals surface area (Å²) >= 11 is 11.7. The van der Waals surface area contributed by atoms with E-state index in [0.29, 0.717) is 22.3 Å². The van der Waals surface area contributed by atoms with Crippen molar-refractivity contribution in [1.29, 1.82) is 0 Å². The maximum atomic E-state index is 11.4. The van der Waals surface area contributed by atoms with Gasteiger partial charge in [0.2, 0.25) is 0 Å². The molecule has 1 aromatic rings. The summed E-state index contributed by atoms with van der Waals surface area (Å²) in [6.07, 6.45) is 0. The van der Waals surface area contributed by atoms with Gasteiger partial charge in [-0.1, -0.05) is 23.2 Å². The van der Waals surface area contributed by atoms with Crippen molar-refractivity contribution in [3.63, 3.8) is 0 Å². The van der Waals surface area contributed by atoms with E-state index < -0.39 is 6.04 Å². The van der Waals surface area contributed by atoms with Gasteiger partial charge in [-0.15, -0.1) is 0 Å². The summed E-state index contributed by atoms with van der Waals surface area (Å²) in [7, 11) is 0. The van der Waals surface area contributed by atoms with Crippen LogP contribution in [0.15, 0.2) is 18.2 Å². The molecule has 0 saturated carbocycles. The zero-order valence-corrected chi connectivity index (χ0v) is 10.6. The molecule has 0 aliphatic carbocycles. The third kappa shape index (κ3) is 3.91. The lowest BCUT2D eigenvalue weighted by Gasteiger charge is -2.14. The molecule has 0 fully saturated rings. The number of hydrogen-bond acceptors (Lipinski definition) is 3. The molecular formula is C11H13Cl2NO2. The van der Waals surface area contributed by atoms with Gasteiger partial charge in [-0.2, -0.15) is 0 Å². The molecule has 1 unspecified atom stereocenters. The van der Waals surface area contributed by atoms with Crippen molar-refractivity contribution < 1.29 is 9.53 Å². The van der Waals surface area contributed by atoms with Crippen molar-refractivity contribution >= 4 is 34.9 Å². The smallest absolute Gasteiger partial charge is 0.328 e. The first-order valence-corrected chi connectivity index (χ1v) is 5.67. The highest BCUT2D eigenvalue weighted by Crippen LogP contribution is 2.22. The SMILES string of the molecule is CCOC(=O)C(C)Nc1cc(Cl)cc(Cl)c1. The van der Waals surface area contributed by atoms with Crippen molar-refractivity contribution in [3.05, 3.63) is 28.2 Å². The molecule has 0 amide bonds. The molecule has 3 nitrogen and oxygen atoms in total. The highest BCUT2D eigenvalue weighted by molar-refractivity contribution is 6.35.